The quantitative estimate of drug-likeness (QED) is 0.0611. The summed E-state index contributed by atoms with van der Waals surface area (Å²) >= 11 is 0. The maximum absolute atomic E-state index is 5.84. The van der Waals surface area contributed by atoms with Gasteiger partial charge in [0.2, 0.25) is 0 Å². The van der Waals surface area contributed by atoms with Crippen LogP contribution in [0.2, 0.25) is 0 Å². The summed E-state index contributed by atoms with van der Waals surface area (Å²) in [4.78, 5) is 9.35. The van der Waals surface area contributed by atoms with Gasteiger partial charge >= 0.3 is 0 Å². The molecule has 0 spiro atoms. The molecule has 0 aliphatic heterocycles. The van der Waals surface area contributed by atoms with Crippen molar-refractivity contribution in [3.8, 4) is 68.2 Å². The molecule has 0 heterocycles. The van der Waals surface area contributed by atoms with E-state index in [0.29, 0.717) is 0 Å². The molecule has 0 saturated carbocycles. The average molecular weight is 1390 g/mol. The lowest BCUT2D eigenvalue weighted by Crippen LogP contribution is -2.50. The van der Waals surface area contributed by atoms with Crippen LogP contribution in [0.5, 0.6) is 46.0 Å². The van der Waals surface area contributed by atoms with E-state index >= 15 is 0 Å². The molecule has 522 valence electrons. The standard InChI is InChI=1S/C94H78N4O8/c1-99-77-39-19-65(20-40-77)95(66-21-41-78(100-2)42-22-66)73-35-55-85-86-56-36-74(96(67-23-43-79(101-3)44-24-67)68-25-45-80(102-4)46-26-68)60-90(86)93(89(85)59-73,63-15-11-9-12-16-63)94(64-17-13-10-14-18-64)91-61-75(97(69-27-47-81(103-5)48-28-69)70-29-49-82(104-6)50-30-70)37-57-87(91)88-58-38-76(62-92(88)94)98(71-31-51-83(105-7)52-32-71)72-33-53-84(106-8)54-34-72/h9-62H,1-8H3. The highest BCUT2D eigenvalue weighted by Gasteiger charge is 2.65. The first kappa shape index (κ1) is 67.2. The van der Waals surface area contributed by atoms with Crippen molar-refractivity contribution in [3.63, 3.8) is 0 Å². The van der Waals surface area contributed by atoms with Crippen LogP contribution in [0.1, 0.15) is 33.4 Å². The van der Waals surface area contributed by atoms with Gasteiger partial charge in [-0.1, -0.05) is 84.9 Å². The highest BCUT2D eigenvalue weighted by molar-refractivity contribution is 5.98. The molecule has 0 aromatic heterocycles. The minimum Gasteiger partial charge on any atom is -0.497 e. The molecule has 0 fully saturated rings. The van der Waals surface area contributed by atoms with Crippen LogP contribution in [0.15, 0.2) is 328 Å². The average Bonchev–Trinajstić information content (AvgIpc) is 1.48. The summed E-state index contributed by atoms with van der Waals surface area (Å²) in [5, 5.41) is 0. The Bertz CT molecular complexity index is 4600. The van der Waals surface area contributed by atoms with Crippen LogP contribution in [0.3, 0.4) is 0 Å². The van der Waals surface area contributed by atoms with Gasteiger partial charge in [0.05, 0.1) is 67.7 Å². The zero-order valence-corrected chi connectivity index (χ0v) is 60.2. The monoisotopic (exact) mass is 1390 g/mol. The molecule has 0 radical (unpaired) electrons. The number of nitrogens with zero attached hydrogens (tertiary/aromatic N) is 4. The van der Waals surface area contributed by atoms with Crippen molar-refractivity contribution < 1.29 is 37.9 Å². The summed E-state index contributed by atoms with van der Waals surface area (Å²) in [6.45, 7) is 0. The normalized spacial score (nSPS) is 12.5. The van der Waals surface area contributed by atoms with Gasteiger partial charge in [0.25, 0.3) is 0 Å². The maximum atomic E-state index is 5.84. The number of anilines is 12. The van der Waals surface area contributed by atoms with Crippen molar-refractivity contribution in [2.75, 3.05) is 76.5 Å². The van der Waals surface area contributed by atoms with Gasteiger partial charge in [-0.25, -0.2) is 0 Å². The Morgan fingerprint density at radius 3 is 0.472 bits per heavy atom. The Balaban J connectivity index is 1.09. The largest absolute Gasteiger partial charge is 0.497 e. The summed E-state index contributed by atoms with van der Waals surface area (Å²) in [6.07, 6.45) is 0. The zero-order chi connectivity index (χ0) is 72.5. The van der Waals surface area contributed by atoms with Crippen LogP contribution in [0.25, 0.3) is 22.3 Å². The lowest BCUT2D eigenvalue weighted by molar-refractivity contribution is 0.414. The van der Waals surface area contributed by atoms with E-state index in [1.807, 2.05) is 97.1 Å². The van der Waals surface area contributed by atoms with Crippen LogP contribution < -0.4 is 57.5 Å². The molecular formula is C94H78N4O8. The highest BCUT2D eigenvalue weighted by atomic mass is 16.5. The van der Waals surface area contributed by atoms with E-state index in [1.165, 1.54) is 0 Å². The Labute approximate surface area is 619 Å². The van der Waals surface area contributed by atoms with Crippen molar-refractivity contribution in [2.45, 2.75) is 10.8 Å². The molecule has 14 aromatic carbocycles. The molecule has 16 rings (SSSR count). The van der Waals surface area contributed by atoms with Gasteiger partial charge < -0.3 is 57.5 Å². The number of ether oxygens (including phenoxy) is 8. The fourth-order valence-corrected chi connectivity index (χ4v) is 16.0. The predicted octanol–water partition coefficient (Wildman–Crippen LogP) is 23.0. The molecule has 14 aromatic rings. The Hall–Kier alpha value is -13.3. The molecule has 106 heavy (non-hydrogen) atoms. The zero-order valence-electron chi connectivity index (χ0n) is 60.2. The van der Waals surface area contributed by atoms with Gasteiger partial charge in [-0.2, -0.15) is 0 Å². The third-order valence-electron chi connectivity index (χ3n) is 20.9. The molecule has 0 atom stereocenters. The molecule has 0 bridgehead atoms. The van der Waals surface area contributed by atoms with E-state index in [4.69, 9.17) is 37.9 Å². The summed E-state index contributed by atoms with van der Waals surface area (Å²) in [7, 11) is 13.6. The topological polar surface area (TPSA) is 86.8 Å². The number of benzene rings is 14. The van der Waals surface area contributed by atoms with Crippen molar-refractivity contribution in [1.82, 2.24) is 0 Å². The first-order valence-electron chi connectivity index (χ1n) is 35.2. The van der Waals surface area contributed by atoms with Crippen molar-refractivity contribution in [3.05, 3.63) is 361 Å². The molecule has 0 saturated heterocycles. The lowest BCUT2D eigenvalue weighted by atomic mass is 9.49. The maximum Gasteiger partial charge on any atom is 0.119 e. The fourth-order valence-electron chi connectivity index (χ4n) is 16.0. The van der Waals surface area contributed by atoms with Crippen molar-refractivity contribution in [1.29, 1.82) is 0 Å². The van der Waals surface area contributed by atoms with Gasteiger partial charge in [-0.05, 0) is 298 Å². The summed E-state index contributed by atoms with van der Waals surface area (Å²) in [5.74, 6) is 5.98. The van der Waals surface area contributed by atoms with Crippen molar-refractivity contribution >= 4 is 68.2 Å². The van der Waals surface area contributed by atoms with Gasteiger partial charge in [0.15, 0.2) is 0 Å². The van der Waals surface area contributed by atoms with E-state index < -0.39 is 10.8 Å². The molecule has 0 unspecified atom stereocenters. The van der Waals surface area contributed by atoms with E-state index in [0.717, 1.165) is 170 Å². The van der Waals surface area contributed by atoms with Gasteiger partial charge in [-0.3, -0.25) is 0 Å². The minimum atomic E-state index is -1.23. The van der Waals surface area contributed by atoms with Gasteiger partial charge in [-0.15, -0.1) is 0 Å². The van der Waals surface area contributed by atoms with Crippen LogP contribution in [-0.2, 0) is 10.8 Å². The number of hydrogen-bond acceptors (Lipinski definition) is 12. The SMILES string of the molecule is COc1ccc(N(c2ccc(OC)cc2)c2ccc3c(c2)C(c2ccccc2)(C2(c4ccccc4)c4cc(N(c5ccc(OC)cc5)c5ccc(OC)cc5)ccc4-c4ccc(N(c5ccc(OC)cc5)c5ccc(OC)cc5)cc42)c2cc(N(c4ccc(OC)cc4)c4ccc(OC)cc4)ccc2-3)cc1. The second-order valence-corrected chi connectivity index (χ2v) is 26.1. The third-order valence-corrected chi connectivity index (χ3v) is 20.9. The highest BCUT2D eigenvalue weighted by Crippen LogP contribution is 2.71. The van der Waals surface area contributed by atoms with E-state index in [1.54, 1.807) is 56.9 Å². The van der Waals surface area contributed by atoms with E-state index in [-0.39, 0.29) is 0 Å². The summed E-state index contributed by atoms with van der Waals surface area (Å²) in [5.41, 5.74) is 19.5. The fraction of sp³-hybridized carbons (Fsp3) is 0.106. The van der Waals surface area contributed by atoms with Gasteiger partial charge in [0, 0.05) is 68.2 Å². The van der Waals surface area contributed by atoms with Crippen LogP contribution in [0.4, 0.5) is 68.2 Å². The molecule has 2 aliphatic carbocycles. The number of fused-ring (bicyclic) bond motifs is 6. The number of rotatable bonds is 23. The lowest BCUT2D eigenvalue weighted by Gasteiger charge is -2.51. The van der Waals surface area contributed by atoms with E-state index in [9.17, 15) is 0 Å². The number of hydrogen-bond donors (Lipinski definition) is 0. The van der Waals surface area contributed by atoms with Crippen LogP contribution in [0, 0.1) is 0 Å². The Kier molecular flexibility index (Phi) is 18.1. The Morgan fingerprint density at radius 2 is 0.321 bits per heavy atom. The molecule has 2 aliphatic rings. The second kappa shape index (κ2) is 28.5. The first-order chi connectivity index (χ1) is 52.1. The molecule has 0 N–H and O–H groups in total. The second-order valence-electron chi connectivity index (χ2n) is 26.1. The Morgan fingerprint density at radius 1 is 0.170 bits per heavy atom. The first-order valence-corrected chi connectivity index (χ1v) is 35.2. The molecule has 0 amide bonds. The van der Waals surface area contributed by atoms with E-state index in [2.05, 4.69) is 250 Å². The smallest absolute Gasteiger partial charge is 0.119 e. The minimum absolute atomic E-state index is 0.747. The van der Waals surface area contributed by atoms with Crippen molar-refractivity contribution in [2.24, 2.45) is 0 Å². The summed E-state index contributed by atoms with van der Waals surface area (Å²) in [6, 6.07) is 117. The molecular weight excluding hydrogens is 1310 g/mol. The third kappa shape index (κ3) is 11.5. The summed E-state index contributed by atoms with van der Waals surface area (Å²) < 4.78 is 46.7. The number of methoxy groups -OCH3 is 8. The predicted molar refractivity (Wildman–Crippen MR) is 428 cm³/mol. The molecule has 12 heteroatoms. The molecule has 12 nitrogen and oxygen atoms in total. The van der Waals surface area contributed by atoms with Gasteiger partial charge in [0.1, 0.15) is 46.0 Å². The van der Waals surface area contributed by atoms with Crippen LogP contribution in [-0.4, -0.2) is 56.9 Å². The van der Waals surface area contributed by atoms with Crippen LogP contribution >= 0.6 is 0 Å².